The number of benzene rings is 2. The number of carboxylic acids is 2. The van der Waals surface area contributed by atoms with Crippen LogP contribution in [0.1, 0.15) is 34.1 Å². The van der Waals surface area contributed by atoms with Crippen LogP contribution < -0.4 is 0 Å². The van der Waals surface area contributed by atoms with Gasteiger partial charge in [0.15, 0.2) is 0 Å². The molecule has 1 fully saturated rings. The Kier molecular flexibility index (Phi) is 4.14. The molecule has 0 heterocycles. The minimum Gasteiger partial charge on any atom is -0.481 e. The lowest BCUT2D eigenvalue weighted by Gasteiger charge is -2.48. The highest BCUT2D eigenvalue weighted by Gasteiger charge is 2.58. The zero-order chi connectivity index (χ0) is 17.4. The minimum absolute atomic E-state index is 0.327. The van der Waals surface area contributed by atoms with E-state index in [-0.39, 0.29) is 11.8 Å². The summed E-state index contributed by atoms with van der Waals surface area (Å²) < 4.78 is 0. The number of hydrogen-bond acceptors (Lipinski definition) is 2. The molecule has 0 amide bonds. The Bertz CT molecular complexity index is 694. The number of carboxylic acid groups (broad SMARTS) is 2. The largest absolute Gasteiger partial charge is 0.481 e. The van der Waals surface area contributed by atoms with E-state index in [9.17, 15) is 19.8 Å². The van der Waals surface area contributed by atoms with E-state index >= 15 is 0 Å². The molecule has 0 unspecified atom stereocenters. The van der Waals surface area contributed by atoms with Crippen molar-refractivity contribution in [3.63, 3.8) is 0 Å². The average molecular weight is 324 g/mol. The van der Waals surface area contributed by atoms with Gasteiger partial charge in [0.25, 0.3) is 0 Å². The molecule has 0 saturated heterocycles. The van der Waals surface area contributed by atoms with Crippen molar-refractivity contribution < 1.29 is 19.8 Å². The molecular formula is C20H20O4. The number of rotatable bonds is 4. The lowest BCUT2D eigenvalue weighted by molar-refractivity contribution is -0.164. The molecule has 3 rings (SSSR count). The van der Waals surface area contributed by atoms with Gasteiger partial charge in [0, 0.05) is 11.8 Å². The van der Waals surface area contributed by atoms with Gasteiger partial charge in [-0.05, 0) is 25.0 Å². The summed E-state index contributed by atoms with van der Waals surface area (Å²) in [6.07, 6.45) is 0. The van der Waals surface area contributed by atoms with Gasteiger partial charge < -0.3 is 10.2 Å². The molecule has 4 heteroatoms. The minimum atomic E-state index is -1.05. The number of aliphatic carboxylic acids is 2. The van der Waals surface area contributed by atoms with Crippen molar-refractivity contribution in [3.05, 3.63) is 70.8 Å². The molecule has 2 aromatic carbocycles. The van der Waals surface area contributed by atoms with Crippen LogP contribution >= 0.6 is 0 Å². The molecule has 1 aliphatic rings. The van der Waals surface area contributed by atoms with Gasteiger partial charge >= 0.3 is 11.9 Å². The topological polar surface area (TPSA) is 74.6 Å². The fourth-order valence-corrected chi connectivity index (χ4v) is 3.77. The summed E-state index contributed by atoms with van der Waals surface area (Å²) in [7, 11) is 0. The maximum atomic E-state index is 11.7. The highest BCUT2D eigenvalue weighted by atomic mass is 16.4. The number of carbonyl (C=O) groups is 2. The van der Waals surface area contributed by atoms with Crippen LogP contribution in [0.4, 0.5) is 0 Å². The van der Waals surface area contributed by atoms with Gasteiger partial charge in [-0.3, -0.25) is 9.59 Å². The number of aryl methyl sites for hydroxylation is 2. The first kappa shape index (κ1) is 16.2. The predicted octanol–water partition coefficient (Wildman–Crippen LogP) is 3.59. The van der Waals surface area contributed by atoms with Gasteiger partial charge in [-0.15, -0.1) is 0 Å². The fourth-order valence-electron chi connectivity index (χ4n) is 3.77. The van der Waals surface area contributed by atoms with E-state index in [1.807, 2.05) is 62.4 Å². The zero-order valence-corrected chi connectivity index (χ0v) is 13.6. The Morgan fingerprint density at radius 3 is 1.21 bits per heavy atom. The second-order valence-electron chi connectivity index (χ2n) is 6.60. The SMILES string of the molecule is Cc1ccc([C@@H]2[C@@H](C(=O)O)[C@@H](C(=O)O)[C@@H]2c2ccc(C)cc2)cc1. The predicted molar refractivity (Wildman–Crippen MR) is 90.1 cm³/mol. The van der Waals surface area contributed by atoms with Crippen LogP contribution in [0.25, 0.3) is 0 Å². The summed E-state index contributed by atoms with van der Waals surface area (Å²) in [5, 5.41) is 19.2. The van der Waals surface area contributed by atoms with Crippen molar-refractivity contribution in [1.29, 1.82) is 0 Å². The van der Waals surface area contributed by atoms with Crippen molar-refractivity contribution in [1.82, 2.24) is 0 Å². The quantitative estimate of drug-likeness (QED) is 0.901. The molecule has 4 nitrogen and oxygen atoms in total. The summed E-state index contributed by atoms with van der Waals surface area (Å²) in [4.78, 5) is 23.4. The molecule has 0 aliphatic heterocycles. The van der Waals surface area contributed by atoms with Gasteiger partial charge in [-0.25, -0.2) is 0 Å². The van der Waals surface area contributed by atoms with Crippen LogP contribution in [0.15, 0.2) is 48.5 Å². The zero-order valence-electron chi connectivity index (χ0n) is 13.6. The van der Waals surface area contributed by atoms with E-state index in [4.69, 9.17) is 0 Å². The fraction of sp³-hybridized carbons (Fsp3) is 0.300. The molecule has 4 atom stereocenters. The maximum Gasteiger partial charge on any atom is 0.308 e. The van der Waals surface area contributed by atoms with Crippen LogP contribution in [0.2, 0.25) is 0 Å². The van der Waals surface area contributed by atoms with Crippen LogP contribution in [0, 0.1) is 25.7 Å². The van der Waals surface area contributed by atoms with Crippen molar-refractivity contribution in [3.8, 4) is 0 Å². The monoisotopic (exact) mass is 324 g/mol. The molecule has 1 saturated carbocycles. The number of hydrogen-bond donors (Lipinski definition) is 2. The summed E-state index contributed by atoms with van der Waals surface area (Å²) >= 11 is 0. The average Bonchev–Trinajstić information content (AvgIpc) is 2.49. The third-order valence-corrected chi connectivity index (χ3v) is 5.04. The highest BCUT2D eigenvalue weighted by molar-refractivity contribution is 5.85. The van der Waals surface area contributed by atoms with E-state index in [0.717, 1.165) is 22.3 Å². The molecule has 0 spiro atoms. The lowest BCUT2D eigenvalue weighted by atomic mass is 9.52. The Labute approximate surface area is 140 Å². The summed E-state index contributed by atoms with van der Waals surface area (Å²) in [6, 6.07) is 15.4. The smallest absolute Gasteiger partial charge is 0.308 e. The van der Waals surface area contributed by atoms with E-state index < -0.39 is 23.8 Å². The molecular weight excluding hydrogens is 304 g/mol. The van der Waals surface area contributed by atoms with Gasteiger partial charge in [0.05, 0.1) is 11.8 Å². The first-order chi connectivity index (χ1) is 11.4. The summed E-state index contributed by atoms with van der Waals surface area (Å²) in [6.45, 7) is 3.94. The Balaban J connectivity index is 2.06. The maximum absolute atomic E-state index is 11.7. The molecule has 24 heavy (non-hydrogen) atoms. The summed E-state index contributed by atoms with van der Waals surface area (Å²) in [5.74, 6) is -4.56. The van der Waals surface area contributed by atoms with Gasteiger partial charge in [0.2, 0.25) is 0 Å². The first-order valence-electron chi connectivity index (χ1n) is 7.99. The van der Waals surface area contributed by atoms with Crippen molar-refractivity contribution in [2.45, 2.75) is 25.7 Å². The van der Waals surface area contributed by atoms with Crippen molar-refractivity contribution >= 4 is 11.9 Å². The summed E-state index contributed by atoms with van der Waals surface area (Å²) in [5.41, 5.74) is 3.95. The Morgan fingerprint density at radius 1 is 0.667 bits per heavy atom. The van der Waals surface area contributed by atoms with Crippen molar-refractivity contribution in [2.75, 3.05) is 0 Å². The third kappa shape index (κ3) is 2.68. The Morgan fingerprint density at radius 2 is 0.958 bits per heavy atom. The molecule has 1 aliphatic carbocycles. The molecule has 0 bridgehead atoms. The molecule has 124 valence electrons. The molecule has 0 radical (unpaired) electrons. The second kappa shape index (κ2) is 6.11. The van der Waals surface area contributed by atoms with Crippen LogP contribution in [0.3, 0.4) is 0 Å². The molecule has 2 N–H and O–H groups in total. The van der Waals surface area contributed by atoms with Crippen LogP contribution in [-0.2, 0) is 9.59 Å². The standard InChI is InChI=1S/C20H20O4/c1-11-3-7-13(8-4-11)15-16(14-9-5-12(2)6-10-14)18(20(23)24)17(15)19(21)22/h3-10,15-18H,1-2H3,(H,21,22)(H,23,24)/t15-,16+,17+,18-. The molecule has 0 aromatic heterocycles. The van der Waals surface area contributed by atoms with Gasteiger partial charge in [0.1, 0.15) is 0 Å². The highest BCUT2D eigenvalue weighted by Crippen LogP contribution is 2.57. The normalized spacial score (nSPS) is 25.8. The van der Waals surface area contributed by atoms with E-state index in [1.165, 1.54) is 0 Å². The van der Waals surface area contributed by atoms with Crippen molar-refractivity contribution in [2.24, 2.45) is 11.8 Å². The third-order valence-electron chi connectivity index (χ3n) is 5.04. The Hall–Kier alpha value is -2.62. The van der Waals surface area contributed by atoms with E-state index in [2.05, 4.69) is 0 Å². The second-order valence-corrected chi connectivity index (χ2v) is 6.60. The van der Waals surface area contributed by atoms with Crippen LogP contribution in [-0.4, -0.2) is 22.2 Å². The van der Waals surface area contributed by atoms with E-state index in [0.29, 0.717) is 0 Å². The first-order valence-corrected chi connectivity index (χ1v) is 7.99. The van der Waals surface area contributed by atoms with Gasteiger partial charge in [-0.1, -0.05) is 59.7 Å². The molecule has 2 aromatic rings. The van der Waals surface area contributed by atoms with Crippen LogP contribution in [0.5, 0.6) is 0 Å². The lowest BCUT2D eigenvalue weighted by Crippen LogP contribution is -2.51. The van der Waals surface area contributed by atoms with E-state index in [1.54, 1.807) is 0 Å². The van der Waals surface area contributed by atoms with Gasteiger partial charge in [-0.2, -0.15) is 0 Å².